The molecule has 0 spiro atoms. The van der Waals surface area contributed by atoms with E-state index in [1.54, 1.807) is 0 Å². The van der Waals surface area contributed by atoms with Gasteiger partial charge in [-0.1, -0.05) is 24.3 Å². The number of hydrogen-bond donors (Lipinski definition) is 2. The summed E-state index contributed by atoms with van der Waals surface area (Å²) in [6.45, 7) is 3.86. The van der Waals surface area contributed by atoms with E-state index >= 15 is 0 Å². The van der Waals surface area contributed by atoms with Gasteiger partial charge in [-0.15, -0.1) is 0 Å². The van der Waals surface area contributed by atoms with Crippen LogP contribution < -0.4 is 5.43 Å². The molecule has 4 heteroatoms. The Balaban J connectivity index is 2.07. The number of benzene rings is 1. The van der Waals surface area contributed by atoms with E-state index in [-0.39, 0.29) is 12.5 Å². The van der Waals surface area contributed by atoms with Gasteiger partial charge in [-0.3, -0.25) is 10.2 Å². The summed E-state index contributed by atoms with van der Waals surface area (Å²) in [6.07, 6.45) is 3.95. The van der Waals surface area contributed by atoms with Crippen molar-refractivity contribution in [3.8, 4) is 11.8 Å². The molecule has 0 atom stereocenters. The van der Waals surface area contributed by atoms with Crippen LogP contribution in [0.2, 0.25) is 0 Å². The topological polar surface area (TPSA) is 52.6 Å². The minimum Gasteiger partial charge on any atom is -0.395 e. The Kier molecular flexibility index (Phi) is 5.79. The van der Waals surface area contributed by atoms with Gasteiger partial charge in [0.25, 0.3) is 5.91 Å². The molecule has 1 aromatic rings. The van der Waals surface area contributed by atoms with Crippen LogP contribution in [0.1, 0.15) is 47.2 Å². The number of nitrogens with one attached hydrogen (secondary N) is 1. The molecule has 1 fully saturated rings. The standard InChI is InChI=1S/C17H22N2O2/c1-14-8-9-16(13-15(14)7-3-6-12-20)17(21)18-19-10-4-2-5-11-19/h8-9,13,20H,2,4-6,10-12H2,1H3,(H,18,21). The number of rotatable bonds is 3. The highest BCUT2D eigenvalue weighted by atomic mass is 16.2. The second kappa shape index (κ2) is 7.82. The van der Waals surface area contributed by atoms with Gasteiger partial charge in [0.1, 0.15) is 0 Å². The molecule has 1 amide bonds. The lowest BCUT2D eigenvalue weighted by Crippen LogP contribution is -2.45. The molecule has 0 aliphatic carbocycles. The van der Waals surface area contributed by atoms with E-state index in [0.717, 1.165) is 37.1 Å². The third-order valence-corrected chi connectivity index (χ3v) is 3.58. The Morgan fingerprint density at radius 1 is 1.33 bits per heavy atom. The van der Waals surface area contributed by atoms with Crippen LogP contribution in [0.4, 0.5) is 0 Å². The molecule has 21 heavy (non-hydrogen) atoms. The van der Waals surface area contributed by atoms with Crippen molar-refractivity contribution < 1.29 is 9.90 Å². The third-order valence-electron chi connectivity index (χ3n) is 3.58. The zero-order valence-corrected chi connectivity index (χ0v) is 12.5. The van der Waals surface area contributed by atoms with E-state index in [1.807, 2.05) is 30.1 Å². The molecule has 112 valence electrons. The summed E-state index contributed by atoms with van der Waals surface area (Å²) in [5.74, 6) is 5.83. The van der Waals surface area contributed by atoms with Crippen LogP contribution in [0.3, 0.4) is 0 Å². The highest BCUT2D eigenvalue weighted by Crippen LogP contribution is 2.11. The predicted octanol–water partition coefficient (Wildman–Crippen LogP) is 1.86. The Morgan fingerprint density at radius 3 is 2.81 bits per heavy atom. The highest BCUT2D eigenvalue weighted by Gasteiger charge is 2.14. The molecule has 0 unspecified atom stereocenters. The second-order valence-electron chi connectivity index (χ2n) is 5.29. The molecule has 0 saturated carbocycles. The van der Waals surface area contributed by atoms with Gasteiger partial charge in [0.2, 0.25) is 0 Å². The lowest BCUT2D eigenvalue weighted by atomic mass is 10.0. The highest BCUT2D eigenvalue weighted by molar-refractivity contribution is 5.94. The number of aliphatic hydroxyl groups is 1. The average molecular weight is 286 g/mol. The summed E-state index contributed by atoms with van der Waals surface area (Å²) < 4.78 is 0. The van der Waals surface area contributed by atoms with Crippen molar-refractivity contribution in [3.05, 3.63) is 34.9 Å². The first kappa shape index (κ1) is 15.6. The molecule has 1 aliphatic rings. The van der Waals surface area contributed by atoms with Gasteiger partial charge >= 0.3 is 0 Å². The SMILES string of the molecule is Cc1ccc(C(=O)NN2CCCCC2)cc1C#CCCO. The third kappa shape index (κ3) is 4.59. The molecule has 4 nitrogen and oxygen atoms in total. The number of nitrogens with zero attached hydrogens (tertiary/aromatic N) is 1. The van der Waals surface area contributed by atoms with Crippen LogP contribution in [0, 0.1) is 18.8 Å². The maximum atomic E-state index is 12.3. The number of aliphatic hydroxyl groups excluding tert-OH is 1. The van der Waals surface area contributed by atoms with Gasteiger partial charge in [0.15, 0.2) is 0 Å². The molecule has 0 radical (unpaired) electrons. The molecular weight excluding hydrogens is 264 g/mol. The molecule has 2 N–H and O–H groups in total. The number of carbonyl (C=O) groups excluding carboxylic acids is 1. The minimum absolute atomic E-state index is 0.0567. The summed E-state index contributed by atoms with van der Waals surface area (Å²) in [4.78, 5) is 12.3. The number of piperidine rings is 1. The van der Waals surface area contributed by atoms with Crippen molar-refractivity contribution >= 4 is 5.91 Å². The van der Waals surface area contributed by atoms with Crippen LogP contribution in [0.15, 0.2) is 18.2 Å². The van der Waals surface area contributed by atoms with Gasteiger partial charge in [-0.2, -0.15) is 0 Å². The number of hydrazine groups is 1. The summed E-state index contributed by atoms with van der Waals surface area (Å²) in [5.41, 5.74) is 5.46. The zero-order valence-electron chi connectivity index (χ0n) is 12.5. The van der Waals surface area contributed by atoms with Crippen molar-refractivity contribution in [2.45, 2.75) is 32.6 Å². The monoisotopic (exact) mass is 286 g/mol. The predicted molar refractivity (Wildman–Crippen MR) is 82.7 cm³/mol. The summed E-state index contributed by atoms with van der Waals surface area (Å²) in [6, 6.07) is 5.55. The lowest BCUT2D eigenvalue weighted by Gasteiger charge is -2.26. The summed E-state index contributed by atoms with van der Waals surface area (Å²) in [7, 11) is 0. The summed E-state index contributed by atoms with van der Waals surface area (Å²) in [5, 5.41) is 10.8. The molecule has 0 bridgehead atoms. The maximum absolute atomic E-state index is 12.3. The lowest BCUT2D eigenvalue weighted by molar-refractivity contribution is 0.0750. The Hall–Kier alpha value is -1.83. The van der Waals surface area contributed by atoms with Crippen molar-refractivity contribution in [3.63, 3.8) is 0 Å². The fourth-order valence-corrected chi connectivity index (χ4v) is 2.33. The quantitative estimate of drug-likeness (QED) is 0.834. The first-order valence-electron chi connectivity index (χ1n) is 7.47. The van der Waals surface area contributed by atoms with Gasteiger partial charge in [0, 0.05) is 30.6 Å². The van der Waals surface area contributed by atoms with Crippen LogP contribution in [-0.2, 0) is 0 Å². The molecule has 1 aromatic carbocycles. The van der Waals surface area contributed by atoms with E-state index in [1.165, 1.54) is 6.42 Å². The van der Waals surface area contributed by atoms with E-state index in [0.29, 0.717) is 12.0 Å². The van der Waals surface area contributed by atoms with Crippen molar-refractivity contribution in [1.29, 1.82) is 0 Å². The Labute approximate surface area is 126 Å². The molecule has 1 heterocycles. The van der Waals surface area contributed by atoms with Crippen molar-refractivity contribution in [1.82, 2.24) is 10.4 Å². The largest absolute Gasteiger partial charge is 0.395 e. The fraction of sp³-hybridized carbons (Fsp3) is 0.471. The zero-order chi connectivity index (χ0) is 15.1. The molecule has 0 aromatic heterocycles. The first-order chi connectivity index (χ1) is 10.2. The normalized spacial score (nSPS) is 15.1. The van der Waals surface area contributed by atoms with Crippen LogP contribution in [0.5, 0.6) is 0 Å². The number of carbonyl (C=O) groups is 1. The van der Waals surface area contributed by atoms with E-state index in [4.69, 9.17) is 5.11 Å². The van der Waals surface area contributed by atoms with Crippen molar-refractivity contribution in [2.75, 3.05) is 19.7 Å². The van der Waals surface area contributed by atoms with Gasteiger partial charge in [0.05, 0.1) is 6.61 Å². The molecule has 1 saturated heterocycles. The average Bonchev–Trinajstić information content (AvgIpc) is 2.50. The molecular formula is C17H22N2O2. The molecule has 1 aliphatic heterocycles. The summed E-state index contributed by atoms with van der Waals surface area (Å²) >= 11 is 0. The first-order valence-corrected chi connectivity index (χ1v) is 7.47. The fourth-order valence-electron chi connectivity index (χ4n) is 2.33. The minimum atomic E-state index is -0.0814. The van der Waals surface area contributed by atoms with Crippen LogP contribution in [-0.4, -0.2) is 35.7 Å². The maximum Gasteiger partial charge on any atom is 0.265 e. The smallest absolute Gasteiger partial charge is 0.265 e. The van der Waals surface area contributed by atoms with E-state index in [9.17, 15) is 4.79 Å². The number of aryl methyl sites for hydroxylation is 1. The van der Waals surface area contributed by atoms with Gasteiger partial charge < -0.3 is 5.11 Å². The molecule has 2 rings (SSSR count). The van der Waals surface area contributed by atoms with Crippen molar-refractivity contribution in [2.24, 2.45) is 0 Å². The Morgan fingerprint density at radius 2 is 2.10 bits per heavy atom. The van der Waals surface area contributed by atoms with E-state index in [2.05, 4.69) is 17.3 Å². The van der Waals surface area contributed by atoms with E-state index < -0.39 is 0 Å². The number of amides is 1. The van der Waals surface area contributed by atoms with Gasteiger partial charge in [-0.25, -0.2) is 5.01 Å². The Bertz CT molecular complexity index is 552. The number of hydrogen-bond acceptors (Lipinski definition) is 3. The second-order valence-corrected chi connectivity index (χ2v) is 5.29. The van der Waals surface area contributed by atoms with Crippen LogP contribution in [0.25, 0.3) is 0 Å². The van der Waals surface area contributed by atoms with Gasteiger partial charge in [-0.05, 0) is 37.5 Å². The van der Waals surface area contributed by atoms with Crippen LogP contribution >= 0.6 is 0 Å².